The van der Waals surface area contributed by atoms with Gasteiger partial charge in [-0.3, -0.25) is 0 Å². The fourth-order valence-electron chi connectivity index (χ4n) is 1.42. The Hall–Kier alpha value is -2.07. The van der Waals surface area contributed by atoms with Crippen LogP contribution in [0.4, 0.5) is 0 Å². The van der Waals surface area contributed by atoms with Gasteiger partial charge in [0.2, 0.25) is 0 Å². The summed E-state index contributed by atoms with van der Waals surface area (Å²) in [5.41, 5.74) is 0.807. The Kier molecular flexibility index (Phi) is 4.15. The van der Waals surface area contributed by atoms with E-state index in [-0.39, 0.29) is 0 Å². The average molecular weight is 260 g/mol. The van der Waals surface area contributed by atoms with Crippen LogP contribution in [0.5, 0.6) is 5.75 Å². The average Bonchev–Trinajstić information content (AvgIpc) is 2.87. The van der Waals surface area contributed by atoms with Crippen molar-refractivity contribution in [1.82, 2.24) is 0 Å². The molecule has 0 radical (unpaired) electrons. The topological polar surface area (TPSA) is 46.5 Å². The van der Waals surface area contributed by atoms with Gasteiger partial charge in [-0.1, -0.05) is 18.2 Å². The zero-order chi connectivity index (χ0) is 12.8. The van der Waals surface area contributed by atoms with Crippen LogP contribution in [0.2, 0.25) is 0 Å². The first-order valence-corrected chi connectivity index (χ1v) is 6.28. The van der Waals surface area contributed by atoms with Gasteiger partial charge in [0, 0.05) is 11.0 Å². The number of ether oxygens (including phenoxy) is 1. The van der Waals surface area contributed by atoms with Gasteiger partial charge in [0.15, 0.2) is 0 Å². The normalized spacial score (nSPS) is 10.7. The fraction of sp³-hybridized carbons (Fsp3) is 0.0714. The number of carboxylic acid groups (broad SMARTS) is 1. The molecule has 0 aliphatic carbocycles. The molecule has 0 bridgehead atoms. The van der Waals surface area contributed by atoms with Crippen LogP contribution in [-0.4, -0.2) is 11.1 Å². The van der Waals surface area contributed by atoms with Crippen LogP contribution >= 0.6 is 11.3 Å². The summed E-state index contributed by atoms with van der Waals surface area (Å²) >= 11 is 1.64. The van der Waals surface area contributed by atoms with Crippen molar-refractivity contribution in [2.75, 3.05) is 0 Å². The molecule has 0 fully saturated rings. The van der Waals surface area contributed by atoms with E-state index in [0.29, 0.717) is 6.61 Å². The second-order valence-electron chi connectivity index (χ2n) is 3.61. The van der Waals surface area contributed by atoms with Crippen molar-refractivity contribution < 1.29 is 14.6 Å². The molecular formula is C14H12O3S. The number of hydrogen-bond donors (Lipinski definition) is 1. The predicted octanol–water partition coefficient (Wildman–Crippen LogP) is 3.42. The molecular weight excluding hydrogens is 248 g/mol. The molecule has 2 aromatic rings. The van der Waals surface area contributed by atoms with E-state index in [1.807, 2.05) is 41.8 Å². The van der Waals surface area contributed by atoms with Gasteiger partial charge < -0.3 is 9.84 Å². The molecule has 0 saturated carbocycles. The number of rotatable bonds is 5. The Morgan fingerprint density at radius 1 is 1.33 bits per heavy atom. The monoisotopic (exact) mass is 260 g/mol. The molecule has 4 heteroatoms. The highest BCUT2D eigenvalue weighted by Gasteiger charge is 1.97. The first-order chi connectivity index (χ1) is 8.74. The number of carbonyl (C=O) groups is 1. The molecule has 0 aliphatic rings. The minimum Gasteiger partial charge on any atom is -0.488 e. The number of hydrogen-bond acceptors (Lipinski definition) is 3. The third kappa shape index (κ3) is 3.75. The van der Waals surface area contributed by atoms with E-state index in [4.69, 9.17) is 9.84 Å². The summed E-state index contributed by atoms with van der Waals surface area (Å²) in [6.07, 6.45) is 2.65. The lowest BCUT2D eigenvalue weighted by atomic mass is 10.2. The van der Waals surface area contributed by atoms with E-state index in [1.54, 1.807) is 17.4 Å². The standard InChI is InChI=1S/C14H12O3S/c15-14(16)7-6-11-3-1-4-12(9-11)17-10-13-5-2-8-18-13/h1-9H,10H2,(H,15,16)/b7-6+. The quantitative estimate of drug-likeness (QED) is 0.838. The van der Waals surface area contributed by atoms with Gasteiger partial charge >= 0.3 is 5.97 Å². The molecule has 92 valence electrons. The summed E-state index contributed by atoms with van der Waals surface area (Å²) in [5.74, 6) is -0.226. The number of carboxylic acids is 1. The Morgan fingerprint density at radius 3 is 2.94 bits per heavy atom. The SMILES string of the molecule is O=C(O)/C=C/c1cccc(OCc2cccs2)c1. The van der Waals surface area contributed by atoms with Gasteiger partial charge in [0.1, 0.15) is 12.4 Å². The van der Waals surface area contributed by atoms with Crippen molar-refractivity contribution in [1.29, 1.82) is 0 Å². The van der Waals surface area contributed by atoms with Crippen LogP contribution in [0.1, 0.15) is 10.4 Å². The van der Waals surface area contributed by atoms with Crippen LogP contribution in [0, 0.1) is 0 Å². The Labute approximate surface area is 109 Å². The summed E-state index contributed by atoms with van der Waals surface area (Å²) in [4.78, 5) is 11.6. The van der Waals surface area contributed by atoms with Crippen molar-refractivity contribution in [2.45, 2.75) is 6.61 Å². The Balaban J connectivity index is 2.01. The lowest BCUT2D eigenvalue weighted by Crippen LogP contribution is -1.92. The van der Waals surface area contributed by atoms with Crippen LogP contribution in [-0.2, 0) is 11.4 Å². The van der Waals surface area contributed by atoms with Crippen LogP contribution < -0.4 is 4.74 Å². The van der Waals surface area contributed by atoms with Gasteiger partial charge in [-0.2, -0.15) is 0 Å². The van der Waals surface area contributed by atoms with Gasteiger partial charge in [-0.05, 0) is 35.2 Å². The first kappa shape index (κ1) is 12.4. The minimum absolute atomic E-state index is 0.532. The highest BCUT2D eigenvalue weighted by molar-refractivity contribution is 7.09. The highest BCUT2D eigenvalue weighted by atomic mass is 32.1. The Bertz CT molecular complexity index is 544. The van der Waals surface area contributed by atoms with E-state index in [1.165, 1.54) is 0 Å². The van der Waals surface area contributed by atoms with Crippen molar-refractivity contribution in [3.8, 4) is 5.75 Å². The highest BCUT2D eigenvalue weighted by Crippen LogP contribution is 2.17. The first-order valence-electron chi connectivity index (χ1n) is 5.40. The summed E-state index contributed by atoms with van der Waals surface area (Å²) in [6, 6.07) is 11.3. The molecule has 0 saturated heterocycles. The molecule has 0 amide bonds. The smallest absolute Gasteiger partial charge is 0.328 e. The van der Waals surface area contributed by atoms with Crippen molar-refractivity contribution in [2.24, 2.45) is 0 Å². The lowest BCUT2D eigenvalue weighted by molar-refractivity contribution is -0.131. The maximum atomic E-state index is 10.4. The maximum Gasteiger partial charge on any atom is 0.328 e. The van der Waals surface area contributed by atoms with E-state index in [0.717, 1.165) is 22.3 Å². The second kappa shape index (κ2) is 6.02. The number of benzene rings is 1. The molecule has 2 rings (SSSR count). The second-order valence-corrected chi connectivity index (χ2v) is 4.64. The maximum absolute atomic E-state index is 10.4. The number of thiophene rings is 1. The molecule has 1 aromatic carbocycles. The molecule has 0 atom stereocenters. The molecule has 0 unspecified atom stereocenters. The zero-order valence-corrected chi connectivity index (χ0v) is 10.4. The van der Waals surface area contributed by atoms with E-state index in [9.17, 15) is 4.79 Å². The van der Waals surface area contributed by atoms with Gasteiger partial charge in [0.05, 0.1) is 0 Å². The Morgan fingerprint density at radius 2 is 2.22 bits per heavy atom. The molecule has 1 heterocycles. The summed E-state index contributed by atoms with van der Waals surface area (Å²) < 4.78 is 5.63. The molecule has 0 aliphatic heterocycles. The summed E-state index contributed by atoms with van der Waals surface area (Å²) in [5, 5.41) is 10.6. The third-order valence-corrected chi connectivity index (χ3v) is 3.09. The number of aliphatic carboxylic acids is 1. The molecule has 1 aromatic heterocycles. The fourth-order valence-corrected chi connectivity index (χ4v) is 2.04. The summed E-state index contributed by atoms with van der Waals surface area (Å²) in [6.45, 7) is 0.532. The van der Waals surface area contributed by atoms with E-state index in [2.05, 4.69) is 0 Å². The molecule has 0 spiro atoms. The van der Waals surface area contributed by atoms with Crippen LogP contribution in [0.3, 0.4) is 0 Å². The van der Waals surface area contributed by atoms with Crippen LogP contribution in [0.15, 0.2) is 47.9 Å². The van der Waals surface area contributed by atoms with Gasteiger partial charge in [0.25, 0.3) is 0 Å². The van der Waals surface area contributed by atoms with Gasteiger partial charge in [-0.25, -0.2) is 4.79 Å². The molecule has 18 heavy (non-hydrogen) atoms. The van der Waals surface area contributed by atoms with Crippen LogP contribution in [0.25, 0.3) is 6.08 Å². The van der Waals surface area contributed by atoms with Crippen molar-refractivity contribution >= 4 is 23.4 Å². The molecule has 3 nitrogen and oxygen atoms in total. The molecule has 1 N–H and O–H groups in total. The van der Waals surface area contributed by atoms with Crippen molar-refractivity contribution in [3.05, 3.63) is 58.3 Å². The summed E-state index contributed by atoms with van der Waals surface area (Å²) in [7, 11) is 0. The lowest BCUT2D eigenvalue weighted by Gasteiger charge is -2.05. The van der Waals surface area contributed by atoms with Gasteiger partial charge in [-0.15, -0.1) is 11.3 Å². The minimum atomic E-state index is -0.958. The predicted molar refractivity (Wildman–Crippen MR) is 71.8 cm³/mol. The van der Waals surface area contributed by atoms with Crippen molar-refractivity contribution in [3.63, 3.8) is 0 Å². The largest absolute Gasteiger partial charge is 0.488 e. The van der Waals surface area contributed by atoms with E-state index >= 15 is 0 Å². The van der Waals surface area contributed by atoms with E-state index < -0.39 is 5.97 Å². The third-order valence-electron chi connectivity index (χ3n) is 2.24. The zero-order valence-electron chi connectivity index (χ0n) is 9.58.